The minimum Gasteiger partial charge on any atom is -0.435 e. The molecule has 1 aliphatic carbocycles. The van der Waals surface area contributed by atoms with Gasteiger partial charge in [-0.25, -0.2) is 4.39 Å². The summed E-state index contributed by atoms with van der Waals surface area (Å²) in [6.07, 6.45) is 14.6. The zero-order valence-corrected chi connectivity index (χ0v) is 20.7. The summed E-state index contributed by atoms with van der Waals surface area (Å²) >= 11 is 0. The monoisotopic (exact) mass is 482 g/mol. The molecule has 0 N–H and O–H groups in total. The van der Waals surface area contributed by atoms with Gasteiger partial charge in [-0.05, 0) is 53.3 Å². The topological polar surface area (TPSA) is 9.23 Å². The quantitative estimate of drug-likeness (QED) is 0.247. The Morgan fingerprint density at radius 3 is 2.23 bits per heavy atom. The van der Waals surface area contributed by atoms with Gasteiger partial charge in [-0.2, -0.15) is 8.78 Å². The Balaban J connectivity index is 1.33. The van der Waals surface area contributed by atoms with Gasteiger partial charge in [0.25, 0.3) is 0 Å². The van der Waals surface area contributed by atoms with Gasteiger partial charge in [0.1, 0.15) is 11.6 Å². The lowest BCUT2D eigenvalue weighted by molar-refractivity contribution is -0.0498. The van der Waals surface area contributed by atoms with Gasteiger partial charge in [0, 0.05) is 10.9 Å². The minimum atomic E-state index is -2.87. The van der Waals surface area contributed by atoms with E-state index in [1.165, 1.54) is 81.9 Å². The van der Waals surface area contributed by atoms with Crippen molar-refractivity contribution in [2.24, 2.45) is 11.8 Å². The van der Waals surface area contributed by atoms with E-state index < -0.39 is 6.61 Å². The maximum atomic E-state index is 15.3. The van der Waals surface area contributed by atoms with Crippen molar-refractivity contribution in [3.63, 3.8) is 0 Å². The van der Waals surface area contributed by atoms with E-state index in [4.69, 9.17) is 0 Å². The molecule has 0 amide bonds. The van der Waals surface area contributed by atoms with Crippen LogP contribution in [-0.4, -0.2) is 6.61 Å². The van der Waals surface area contributed by atoms with Gasteiger partial charge in [0.15, 0.2) is 0 Å². The lowest BCUT2D eigenvalue weighted by atomic mass is 9.77. The van der Waals surface area contributed by atoms with E-state index in [-0.39, 0.29) is 11.6 Å². The van der Waals surface area contributed by atoms with Crippen molar-refractivity contribution in [1.82, 2.24) is 0 Å². The molecule has 0 aromatic heterocycles. The Kier molecular flexibility index (Phi) is 9.12. The van der Waals surface area contributed by atoms with Crippen LogP contribution in [0.3, 0.4) is 0 Å². The molecule has 3 aromatic carbocycles. The number of halogens is 3. The van der Waals surface area contributed by atoms with Crippen LogP contribution in [-0.2, 0) is 6.42 Å². The summed E-state index contributed by atoms with van der Waals surface area (Å²) in [7, 11) is 0. The number of ether oxygens (including phenoxy) is 1. The molecule has 0 atom stereocenters. The Bertz CT molecular complexity index is 1070. The first-order chi connectivity index (χ1) is 17.0. The van der Waals surface area contributed by atoms with Gasteiger partial charge in [-0.1, -0.05) is 107 Å². The number of unbranched alkanes of at least 4 members (excludes halogenated alkanes) is 3. The predicted octanol–water partition coefficient (Wildman–Crippen LogP) is 9.96. The van der Waals surface area contributed by atoms with Gasteiger partial charge in [-0.3, -0.25) is 0 Å². The van der Waals surface area contributed by atoms with Gasteiger partial charge in [0.05, 0.1) is 0 Å². The van der Waals surface area contributed by atoms with E-state index in [9.17, 15) is 8.78 Å². The molecule has 35 heavy (non-hydrogen) atoms. The lowest BCUT2D eigenvalue weighted by Gasteiger charge is -2.28. The normalized spacial score (nSPS) is 18.3. The van der Waals surface area contributed by atoms with E-state index in [1.54, 1.807) is 18.2 Å². The molecule has 0 bridgehead atoms. The van der Waals surface area contributed by atoms with Gasteiger partial charge >= 0.3 is 6.61 Å². The second kappa shape index (κ2) is 12.5. The number of hydrogen-bond donors (Lipinski definition) is 0. The van der Waals surface area contributed by atoms with Crippen LogP contribution in [0.15, 0.2) is 54.6 Å². The van der Waals surface area contributed by atoms with Crippen molar-refractivity contribution in [1.29, 1.82) is 0 Å². The summed E-state index contributed by atoms with van der Waals surface area (Å²) in [5.41, 5.74) is 2.36. The van der Waals surface area contributed by atoms with Crippen LogP contribution < -0.4 is 4.74 Å². The third-order valence-electron chi connectivity index (χ3n) is 7.68. The summed E-state index contributed by atoms with van der Waals surface area (Å²) in [5, 5.41) is 1.49. The van der Waals surface area contributed by atoms with Crippen molar-refractivity contribution < 1.29 is 17.9 Å². The molecule has 4 rings (SSSR count). The molecule has 3 aromatic rings. The van der Waals surface area contributed by atoms with E-state index >= 15 is 4.39 Å². The first-order valence-electron chi connectivity index (χ1n) is 13.3. The van der Waals surface area contributed by atoms with E-state index in [2.05, 4.69) is 17.7 Å². The van der Waals surface area contributed by atoms with Crippen LogP contribution in [0, 0.1) is 17.7 Å². The Hall–Kier alpha value is -2.49. The fraction of sp³-hybridized carbons (Fsp3) is 0.484. The molecule has 0 saturated heterocycles. The summed E-state index contributed by atoms with van der Waals surface area (Å²) in [6, 6.07) is 15.9. The van der Waals surface area contributed by atoms with Crippen LogP contribution >= 0.6 is 0 Å². The maximum Gasteiger partial charge on any atom is 0.387 e. The predicted molar refractivity (Wildman–Crippen MR) is 139 cm³/mol. The zero-order chi connectivity index (χ0) is 24.6. The van der Waals surface area contributed by atoms with Crippen molar-refractivity contribution >= 4 is 10.8 Å². The fourth-order valence-electron chi connectivity index (χ4n) is 5.58. The molecule has 0 radical (unpaired) electrons. The van der Waals surface area contributed by atoms with Crippen LogP contribution in [0.25, 0.3) is 21.9 Å². The van der Waals surface area contributed by atoms with Gasteiger partial charge in [-0.15, -0.1) is 0 Å². The highest BCUT2D eigenvalue weighted by molar-refractivity contribution is 5.88. The van der Waals surface area contributed by atoms with Crippen LogP contribution in [0.4, 0.5) is 13.2 Å². The first kappa shape index (κ1) is 25.6. The number of rotatable bonds is 11. The smallest absolute Gasteiger partial charge is 0.387 e. The second-order valence-electron chi connectivity index (χ2n) is 10.2. The average Bonchev–Trinajstić information content (AvgIpc) is 2.86. The molecular weight excluding hydrogens is 445 g/mol. The van der Waals surface area contributed by atoms with E-state index in [0.29, 0.717) is 16.5 Å². The minimum absolute atomic E-state index is 0.0649. The van der Waals surface area contributed by atoms with Crippen LogP contribution in [0.2, 0.25) is 0 Å². The summed E-state index contributed by atoms with van der Waals surface area (Å²) in [5.74, 6) is 1.53. The number of benzene rings is 3. The molecule has 188 valence electrons. The zero-order valence-electron chi connectivity index (χ0n) is 20.7. The third kappa shape index (κ3) is 7.02. The highest BCUT2D eigenvalue weighted by Gasteiger charge is 2.21. The van der Waals surface area contributed by atoms with Gasteiger partial charge < -0.3 is 4.74 Å². The largest absolute Gasteiger partial charge is 0.435 e. The van der Waals surface area contributed by atoms with Crippen molar-refractivity contribution in [3.05, 3.63) is 66.0 Å². The molecule has 4 heteroatoms. The fourth-order valence-corrected chi connectivity index (χ4v) is 5.58. The lowest BCUT2D eigenvalue weighted by Crippen LogP contribution is -2.15. The van der Waals surface area contributed by atoms with Crippen molar-refractivity contribution in [3.8, 4) is 16.9 Å². The molecule has 0 spiro atoms. The molecule has 1 fully saturated rings. The number of aryl methyl sites for hydroxylation is 1. The number of fused-ring (bicyclic) bond motifs is 1. The standard InChI is InChI=1S/C31H37F3O/c1-2-3-4-5-6-22-7-9-23(10-8-22)11-12-24-13-19-29-26(21-24)16-20-28(30(29)32)25-14-17-27(18-15-25)35-31(33)34/h13-23,31H,2-12H2,1H3. The van der Waals surface area contributed by atoms with Crippen LogP contribution in [0.1, 0.15) is 76.7 Å². The summed E-state index contributed by atoms with van der Waals surface area (Å²) in [6.45, 7) is -0.602. The molecule has 1 nitrogen and oxygen atoms in total. The first-order valence-corrected chi connectivity index (χ1v) is 13.3. The molecule has 0 heterocycles. The Morgan fingerprint density at radius 2 is 1.54 bits per heavy atom. The van der Waals surface area contributed by atoms with Gasteiger partial charge in [0.2, 0.25) is 0 Å². The molecular formula is C31H37F3O. The Labute approximate surface area is 207 Å². The summed E-state index contributed by atoms with van der Waals surface area (Å²) in [4.78, 5) is 0. The second-order valence-corrected chi connectivity index (χ2v) is 10.2. The van der Waals surface area contributed by atoms with E-state index in [1.807, 2.05) is 18.2 Å². The molecule has 1 aliphatic rings. The SMILES string of the molecule is CCCCCCC1CCC(CCc2ccc3c(F)c(-c4ccc(OC(F)F)cc4)ccc3c2)CC1. The number of alkyl halides is 2. The third-order valence-corrected chi connectivity index (χ3v) is 7.68. The maximum absolute atomic E-state index is 15.3. The number of hydrogen-bond acceptors (Lipinski definition) is 1. The van der Waals surface area contributed by atoms with Crippen molar-refractivity contribution in [2.45, 2.75) is 84.2 Å². The molecule has 0 aliphatic heterocycles. The van der Waals surface area contributed by atoms with E-state index in [0.717, 1.165) is 23.6 Å². The highest BCUT2D eigenvalue weighted by Crippen LogP contribution is 2.35. The summed E-state index contributed by atoms with van der Waals surface area (Å²) < 4.78 is 44.4. The molecule has 0 unspecified atom stereocenters. The van der Waals surface area contributed by atoms with Crippen LogP contribution in [0.5, 0.6) is 5.75 Å². The van der Waals surface area contributed by atoms with Crippen molar-refractivity contribution in [2.75, 3.05) is 0 Å². The Morgan fingerprint density at radius 1 is 0.829 bits per heavy atom. The highest BCUT2D eigenvalue weighted by atomic mass is 19.3. The molecule has 1 saturated carbocycles. The average molecular weight is 483 g/mol.